The van der Waals surface area contributed by atoms with Gasteiger partial charge in [-0.15, -0.1) is 0 Å². The number of thioether (sulfide) groups is 1. The van der Waals surface area contributed by atoms with Crippen LogP contribution in [0.1, 0.15) is 43.6 Å². The Labute approximate surface area is 164 Å². The molecule has 0 aliphatic rings. The van der Waals surface area contributed by atoms with Gasteiger partial charge in [-0.2, -0.15) is 0 Å². The van der Waals surface area contributed by atoms with Gasteiger partial charge in [-0.05, 0) is 43.9 Å². The van der Waals surface area contributed by atoms with Crippen LogP contribution in [0.2, 0.25) is 0 Å². The number of nitrogens with zero attached hydrogens (tertiary/aromatic N) is 2. The second-order valence-corrected chi connectivity index (χ2v) is 8.37. The lowest BCUT2D eigenvalue weighted by molar-refractivity contribution is -0.115. The van der Waals surface area contributed by atoms with Crippen molar-refractivity contribution in [3.05, 3.63) is 59.4 Å². The van der Waals surface area contributed by atoms with E-state index in [4.69, 9.17) is 0 Å². The predicted octanol–water partition coefficient (Wildman–Crippen LogP) is 5.49. The van der Waals surface area contributed by atoms with Crippen LogP contribution < -0.4 is 5.32 Å². The highest BCUT2D eigenvalue weighted by Crippen LogP contribution is 2.31. The van der Waals surface area contributed by atoms with E-state index in [-0.39, 0.29) is 11.2 Å². The smallest absolute Gasteiger partial charge is 0.237 e. The third-order valence-corrected chi connectivity index (χ3v) is 5.62. The lowest BCUT2D eigenvalue weighted by Gasteiger charge is -2.19. The summed E-state index contributed by atoms with van der Waals surface area (Å²) < 4.78 is 0. The van der Waals surface area contributed by atoms with Crippen LogP contribution in [0.4, 0.5) is 5.69 Å². The molecule has 1 atom stereocenters. The van der Waals surface area contributed by atoms with Gasteiger partial charge in [0.05, 0.1) is 10.8 Å². The van der Waals surface area contributed by atoms with Crippen LogP contribution in [-0.2, 0) is 4.79 Å². The Hall–Kier alpha value is -2.40. The minimum absolute atomic E-state index is 0.0171. The number of anilines is 1. The molecule has 1 aromatic heterocycles. The van der Waals surface area contributed by atoms with E-state index in [1.807, 2.05) is 57.2 Å². The Balaban J connectivity index is 1.84. The number of hydrogen-bond donors (Lipinski definition) is 1. The van der Waals surface area contributed by atoms with Crippen molar-refractivity contribution in [2.75, 3.05) is 5.32 Å². The van der Waals surface area contributed by atoms with Gasteiger partial charge in [0.2, 0.25) is 5.91 Å². The standard InChI is InChI=1S/C22H25N3OS/c1-13(2)17-11-8-9-14(3)20(17)25-21(26)15(4)27-22-18-10-6-7-12-19(18)23-16(5)24-22/h6-13,15H,1-5H3,(H,25,26)/t15-/m1/s1. The monoisotopic (exact) mass is 379 g/mol. The quantitative estimate of drug-likeness (QED) is 0.470. The molecule has 0 saturated heterocycles. The third-order valence-electron chi connectivity index (χ3n) is 4.51. The average Bonchev–Trinajstić information content (AvgIpc) is 2.62. The molecule has 0 radical (unpaired) electrons. The maximum Gasteiger partial charge on any atom is 0.237 e. The molecule has 1 amide bonds. The fourth-order valence-electron chi connectivity index (χ4n) is 3.04. The van der Waals surface area contributed by atoms with Gasteiger partial charge in [0.15, 0.2) is 0 Å². The first kappa shape index (κ1) is 19.4. The van der Waals surface area contributed by atoms with Gasteiger partial charge in [-0.25, -0.2) is 9.97 Å². The Morgan fingerprint density at radius 1 is 1.00 bits per heavy atom. The number of para-hydroxylation sites is 2. The second-order valence-electron chi connectivity index (χ2n) is 7.04. The Bertz CT molecular complexity index is 984. The topological polar surface area (TPSA) is 54.9 Å². The number of nitrogens with one attached hydrogen (secondary N) is 1. The molecule has 140 valence electrons. The van der Waals surface area contributed by atoms with E-state index in [1.165, 1.54) is 11.8 Å². The van der Waals surface area contributed by atoms with Crippen molar-refractivity contribution in [1.82, 2.24) is 9.97 Å². The highest BCUT2D eigenvalue weighted by atomic mass is 32.2. The molecule has 3 rings (SSSR count). The molecule has 0 aliphatic heterocycles. The van der Waals surface area contributed by atoms with Crippen molar-refractivity contribution in [1.29, 1.82) is 0 Å². The summed E-state index contributed by atoms with van der Waals surface area (Å²) in [7, 11) is 0. The zero-order valence-corrected chi connectivity index (χ0v) is 17.2. The lowest BCUT2D eigenvalue weighted by atomic mass is 9.98. The molecule has 4 nitrogen and oxygen atoms in total. The Kier molecular flexibility index (Phi) is 5.80. The van der Waals surface area contributed by atoms with Gasteiger partial charge < -0.3 is 5.32 Å². The molecule has 0 fully saturated rings. The highest BCUT2D eigenvalue weighted by molar-refractivity contribution is 8.00. The summed E-state index contributed by atoms with van der Waals surface area (Å²) in [5.41, 5.74) is 4.06. The largest absolute Gasteiger partial charge is 0.325 e. The average molecular weight is 380 g/mol. The predicted molar refractivity (Wildman–Crippen MR) is 113 cm³/mol. The van der Waals surface area contributed by atoms with Crippen molar-refractivity contribution < 1.29 is 4.79 Å². The number of amides is 1. The van der Waals surface area contributed by atoms with Crippen LogP contribution >= 0.6 is 11.8 Å². The van der Waals surface area contributed by atoms with E-state index in [0.29, 0.717) is 11.7 Å². The first-order chi connectivity index (χ1) is 12.9. The summed E-state index contributed by atoms with van der Waals surface area (Å²) in [6.45, 7) is 10.1. The van der Waals surface area contributed by atoms with E-state index in [0.717, 1.165) is 32.7 Å². The van der Waals surface area contributed by atoms with E-state index in [2.05, 4.69) is 35.2 Å². The van der Waals surface area contributed by atoms with Crippen LogP contribution in [-0.4, -0.2) is 21.1 Å². The van der Waals surface area contributed by atoms with Gasteiger partial charge in [-0.3, -0.25) is 4.79 Å². The van der Waals surface area contributed by atoms with Crippen LogP contribution in [0, 0.1) is 13.8 Å². The molecule has 0 aliphatic carbocycles. The molecule has 0 spiro atoms. The molecule has 5 heteroatoms. The fraction of sp³-hybridized carbons (Fsp3) is 0.318. The van der Waals surface area contributed by atoms with Crippen LogP contribution in [0.15, 0.2) is 47.5 Å². The van der Waals surface area contributed by atoms with Crippen molar-refractivity contribution in [2.45, 2.75) is 50.8 Å². The summed E-state index contributed by atoms with van der Waals surface area (Å²) in [5.74, 6) is 1.04. The van der Waals surface area contributed by atoms with Crippen LogP contribution in [0.25, 0.3) is 10.9 Å². The molecule has 27 heavy (non-hydrogen) atoms. The molecule has 0 saturated carbocycles. The van der Waals surface area contributed by atoms with Gasteiger partial charge in [0.1, 0.15) is 10.9 Å². The molecular weight excluding hydrogens is 354 g/mol. The van der Waals surface area contributed by atoms with Gasteiger partial charge >= 0.3 is 0 Å². The zero-order chi connectivity index (χ0) is 19.6. The summed E-state index contributed by atoms with van der Waals surface area (Å²) in [6.07, 6.45) is 0. The number of aromatic nitrogens is 2. The molecule has 2 aromatic carbocycles. The van der Waals surface area contributed by atoms with Crippen molar-refractivity contribution in [2.24, 2.45) is 0 Å². The summed E-state index contributed by atoms with van der Waals surface area (Å²) >= 11 is 1.47. The zero-order valence-electron chi connectivity index (χ0n) is 16.4. The number of carbonyl (C=O) groups is 1. The molecule has 1 N–H and O–H groups in total. The summed E-state index contributed by atoms with van der Waals surface area (Å²) in [6, 6.07) is 14.0. The van der Waals surface area contributed by atoms with E-state index >= 15 is 0 Å². The van der Waals surface area contributed by atoms with Crippen molar-refractivity contribution >= 4 is 34.3 Å². The van der Waals surface area contributed by atoms with Gasteiger partial charge in [-0.1, -0.05) is 62.0 Å². The fourth-order valence-corrected chi connectivity index (χ4v) is 4.02. The Morgan fingerprint density at radius 2 is 1.74 bits per heavy atom. The maximum absolute atomic E-state index is 12.9. The molecule has 3 aromatic rings. The highest BCUT2D eigenvalue weighted by Gasteiger charge is 2.20. The minimum Gasteiger partial charge on any atom is -0.325 e. The van der Waals surface area contributed by atoms with Gasteiger partial charge in [0.25, 0.3) is 0 Å². The number of hydrogen-bond acceptors (Lipinski definition) is 4. The van der Waals surface area contributed by atoms with Crippen molar-refractivity contribution in [3.63, 3.8) is 0 Å². The first-order valence-electron chi connectivity index (χ1n) is 9.17. The molecule has 0 unspecified atom stereocenters. The number of aryl methyl sites for hydroxylation is 2. The second kappa shape index (κ2) is 8.09. The van der Waals surface area contributed by atoms with Crippen molar-refractivity contribution in [3.8, 4) is 0 Å². The molecule has 0 bridgehead atoms. The van der Waals surface area contributed by atoms with E-state index in [9.17, 15) is 4.79 Å². The maximum atomic E-state index is 12.9. The van der Waals surface area contributed by atoms with Crippen LogP contribution in [0.3, 0.4) is 0 Å². The first-order valence-corrected chi connectivity index (χ1v) is 10.0. The number of carbonyl (C=O) groups excluding carboxylic acids is 1. The van der Waals surface area contributed by atoms with Gasteiger partial charge in [0, 0.05) is 11.1 Å². The Morgan fingerprint density at radius 3 is 2.48 bits per heavy atom. The lowest BCUT2D eigenvalue weighted by Crippen LogP contribution is -2.24. The minimum atomic E-state index is -0.276. The van der Waals surface area contributed by atoms with E-state index < -0.39 is 0 Å². The number of rotatable bonds is 5. The third kappa shape index (κ3) is 4.30. The number of benzene rings is 2. The molecule has 1 heterocycles. The summed E-state index contributed by atoms with van der Waals surface area (Å²) in [5, 5.41) is 4.68. The van der Waals surface area contributed by atoms with E-state index in [1.54, 1.807) is 0 Å². The SMILES string of the molecule is Cc1nc(S[C@H](C)C(=O)Nc2c(C)cccc2C(C)C)c2ccccc2n1. The number of fused-ring (bicyclic) bond motifs is 1. The van der Waals surface area contributed by atoms with Crippen LogP contribution in [0.5, 0.6) is 0 Å². The normalized spacial score (nSPS) is 12.4. The molecular formula is C22H25N3OS. The summed E-state index contributed by atoms with van der Waals surface area (Å²) in [4.78, 5) is 21.9.